The van der Waals surface area contributed by atoms with Gasteiger partial charge in [0, 0.05) is 24.5 Å². The third-order valence-corrected chi connectivity index (χ3v) is 3.28. The summed E-state index contributed by atoms with van der Waals surface area (Å²) in [6.07, 6.45) is 2.90. The molecule has 0 saturated heterocycles. The Morgan fingerprint density at radius 1 is 1.13 bits per heavy atom. The zero-order valence-corrected chi connectivity index (χ0v) is 14.0. The van der Waals surface area contributed by atoms with Crippen LogP contribution in [0, 0.1) is 6.92 Å². The average Bonchev–Trinajstić information content (AvgIpc) is 2.54. The second-order valence-electron chi connectivity index (χ2n) is 4.86. The topological polar surface area (TPSA) is 71.1 Å². The summed E-state index contributed by atoms with van der Waals surface area (Å²) in [6, 6.07) is 3.64. The molecule has 0 fully saturated rings. The van der Waals surface area contributed by atoms with Crippen LogP contribution in [0.5, 0.6) is 11.5 Å². The van der Waals surface area contributed by atoms with Gasteiger partial charge in [-0.1, -0.05) is 6.08 Å². The molecule has 1 rings (SSSR count). The van der Waals surface area contributed by atoms with E-state index in [2.05, 4.69) is 4.74 Å². The number of carbonyl (C=O) groups excluding carboxylic acids is 2. The fourth-order valence-corrected chi connectivity index (χ4v) is 2.08. The number of rotatable bonds is 7. The van der Waals surface area contributed by atoms with E-state index in [4.69, 9.17) is 14.2 Å². The Hall–Kier alpha value is -2.50. The predicted molar refractivity (Wildman–Crippen MR) is 84.8 cm³/mol. The standard InChI is InChI=1S/C17H22O6/c1-11-8-16(21-4)14(9-15(11)20-3)13(10-23-12(2)18)6-7-17(19)22-5/h6-9,13H,10H2,1-5H3/b7-6+/t13-/m0/s1. The molecule has 1 aromatic rings. The number of benzene rings is 1. The van der Waals surface area contributed by atoms with Crippen molar-refractivity contribution in [2.75, 3.05) is 27.9 Å². The van der Waals surface area contributed by atoms with Gasteiger partial charge in [0.15, 0.2) is 0 Å². The van der Waals surface area contributed by atoms with Crippen molar-refractivity contribution in [3.63, 3.8) is 0 Å². The Kier molecular flexibility index (Phi) is 7.12. The smallest absolute Gasteiger partial charge is 0.330 e. The van der Waals surface area contributed by atoms with Crippen molar-refractivity contribution < 1.29 is 28.5 Å². The van der Waals surface area contributed by atoms with Crippen LogP contribution in [0.1, 0.15) is 24.0 Å². The lowest BCUT2D eigenvalue weighted by atomic mass is 9.96. The maximum absolute atomic E-state index is 11.3. The minimum Gasteiger partial charge on any atom is -0.496 e. The Labute approximate surface area is 136 Å². The van der Waals surface area contributed by atoms with E-state index in [1.807, 2.05) is 19.1 Å². The molecule has 1 aromatic carbocycles. The maximum Gasteiger partial charge on any atom is 0.330 e. The molecule has 0 spiro atoms. The van der Waals surface area contributed by atoms with E-state index in [0.29, 0.717) is 11.5 Å². The second kappa shape index (κ2) is 8.82. The molecule has 126 valence electrons. The number of hydrogen-bond donors (Lipinski definition) is 0. The third kappa shape index (κ3) is 5.32. The first-order valence-electron chi connectivity index (χ1n) is 7.05. The lowest BCUT2D eigenvalue weighted by molar-refractivity contribution is -0.141. The molecule has 0 amide bonds. The van der Waals surface area contributed by atoms with E-state index in [1.165, 1.54) is 20.1 Å². The van der Waals surface area contributed by atoms with E-state index in [0.717, 1.165) is 11.1 Å². The minimum atomic E-state index is -0.490. The molecule has 0 heterocycles. The van der Waals surface area contributed by atoms with Crippen molar-refractivity contribution in [2.45, 2.75) is 19.8 Å². The molecule has 0 unspecified atom stereocenters. The van der Waals surface area contributed by atoms with Crippen molar-refractivity contribution >= 4 is 11.9 Å². The number of esters is 2. The summed E-state index contributed by atoms with van der Waals surface area (Å²) >= 11 is 0. The van der Waals surface area contributed by atoms with E-state index >= 15 is 0 Å². The molecule has 0 aliphatic carbocycles. The molecule has 0 aliphatic rings. The van der Waals surface area contributed by atoms with Gasteiger partial charge in [-0.2, -0.15) is 0 Å². The van der Waals surface area contributed by atoms with E-state index in [1.54, 1.807) is 20.3 Å². The Morgan fingerprint density at radius 2 is 1.78 bits per heavy atom. The van der Waals surface area contributed by atoms with Crippen LogP contribution in [0.25, 0.3) is 0 Å². The first kappa shape index (κ1) is 18.5. The first-order chi connectivity index (χ1) is 10.9. The van der Waals surface area contributed by atoms with E-state index in [9.17, 15) is 9.59 Å². The van der Waals surface area contributed by atoms with Gasteiger partial charge in [0.05, 0.1) is 21.3 Å². The normalized spacial score (nSPS) is 11.9. The highest BCUT2D eigenvalue weighted by atomic mass is 16.5. The van der Waals surface area contributed by atoms with E-state index in [-0.39, 0.29) is 12.5 Å². The second-order valence-corrected chi connectivity index (χ2v) is 4.86. The lowest BCUT2D eigenvalue weighted by Crippen LogP contribution is -2.11. The first-order valence-corrected chi connectivity index (χ1v) is 7.05. The molecule has 0 aromatic heterocycles. The minimum absolute atomic E-state index is 0.0748. The summed E-state index contributed by atoms with van der Waals surface area (Å²) in [7, 11) is 4.42. The summed E-state index contributed by atoms with van der Waals surface area (Å²) in [4.78, 5) is 22.5. The van der Waals surface area contributed by atoms with Gasteiger partial charge >= 0.3 is 11.9 Å². The molecule has 0 radical (unpaired) electrons. The van der Waals surface area contributed by atoms with Crippen molar-refractivity contribution in [3.05, 3.63) is 35.4 Å². The highest BCUT2D eigenvalue weighted by Gasteiger charge is 2.18. The molecule has 6 nitrogen and oxygen atoms in total. The zero-order valence-electron chi connectivity index (χ0n) is 14.0. The molecular formula is C17H22O6. The van der Waals surface area contributed by atoms with Crippen LogP contribution in [0.15, 0.2) is 24.3 Å². The van der Waals surface area contributed by atoms with Crippen LogP contribution in [0.4, 0.5) is 0 Å². The molecule has 23 heavy (non-hydrogen) atoms. The summed E-state index contributed by atoms with van der Waals surface area (Å²) in [5, 5.41) is 0. The fraction of sp³-hybridized carbons (Fsp3) is 0.412. The Morgan fingerprint density at radius 3 is 2.30 bits per heavy atom. The number of hydrogen-bond acceptors (Lipinski definition) is 6. The number of ether oxygens (including phenoxy) is 4. The number of carbonyl (C=O) groups is 2. The van der Waals surface area contributed by atoms with Crippen LogP contribution in [-0.2, 0) is 19.1 Å². The van der Waals surface area contributed by atoms with E-state index < -0.39 is 11.9 Å². The van der Waals surface area contributed by atoms with Gasteiger partial charge in [0.25, 0.3) is 0 Å². The maximum atomic E-state index is 11.3. The predicted octanol–water partition coefficient (Wildman–Crippen LogP) is 2.39. The molecule has 0 saturated carbocycles. The molecule has 6 heteroatoms. The highest BCUT2D eigenvalue weighted by molar-refractivity contribution is 5.82. The highest BCUT2D eigenvalue weighted by Crippen LogP contribution is 2.34. The Bertz CT molecular complexity index is 591. The monoisotopic (exact) mass is 322 g/mol. The average molecular weight is 322 g/mol. The van der Waals surface area contributed by atoms with Gasteiger partial charge in [-0.05, 0) is 24.6 Å². The van der Waals surface area contributed by atoms with Gasteiger partial charge in [-0.15, -0.1) is 0 Å². The van der Waals surface area contributed by atoms with Crippen LogP contribution in [0.2, 0.25) is 0 Å². The van der Waals surface area contributed by atoms with Crippen LogP contribution in [0.3, 0.4) is 0 Å². The molecule has 1 atom stereocenters. The fourth-order valence-electron chi connectivity index (χ4n) is 2.08. The quantitative estimate of drug-likeness (QED) is 0.567. The van der Waals surface area contributed by atoms with Crippen molar-refractivity contribution in [2.24, 2.45) is 0 Å². The summed E-state index contributed by atoms with van der Waals surface area (Å²) in [5.74, 6) is 0.0351. The number of methoxy groups -OCH3 is 3. The summed E-state index contributed by atoms with van der Waals surface area (Å²) in [6.45, 7) is 3.30. The largest absolute Gasteiger partial charge is 0.496 e. The zero-order chi connectivity index (χ0) is 17.4. The molecule has 0 N–H and O–H groups in total. The third-order valence-electron chi connectivity index (χ3n) is 3.28. The van der Waals surface area contributed by atoms with Crippen LogP contribution >= 0.6 is 0 Å². The number of aryl methyl sites for hydroxylation is 1. The molecule has 0 aliphatic heterocycles. The van der Waals surface area contributed by atoms with Crippen molar-refractivity contribution in [1.29, 1.82) is 0 Å². The van der Waals surface area contributed by atoms with Gasteiger partial charge < -0.3 is 18.9 Å². The lowest BCUT2D eigenvalue weighted by Gasteiger charge is -2.19. The summed E-state index contributed by atoms with van der Waals surface area (Å²) < 4.78 is 20.4. The molecular weight excluding hydrogens is 300 g/mol. The Balaban J connectivity index is 3.25. The SMILES string of the molecule is COC(=O)/C=C/[C@@H](COC(C)=O)c1cc(OC)c(C)cc1OC. The summed E-state index contributed by atoms with van der Waals surface area (Å²) in [5.41, 5.74) is 1.66. The van der Waals surface area contributed by atoms with Gasteiger partial charge in [0.2, 0.25) is 0 Å². The van der Waals surface area contributed by atoms with Gasteiger partial charge in [0.1, 0.15) is 18.1 Å². The molecule has 0 bridgehead atoms. The van der Waals surface area contributed by atoms with Crippen LogP contribution < -0.4 is 9.47 Å². The van der Waals surface area contributed by atoms with Crippen molar-refractivity contribution in [1.82, 2.24) is 0 Å². The van der Waals surface area contributed by atoms with Gasteiger partial charge in [-0.25, -0.2) is 4.79 Å². The van der Waals surface area contributed by atoms with Gasteiger partial charge in [-0.3, -0.25) is 4.79 Å². The van der Waals surface area contributed by atoms with Crippen molar-refractivity contribution in [3.8, 4) is 11.5 Å². The van der Waals surface area contributed by atoms with Crippen LogP contribution in [-0.4, -0.2) is 39.9 Å².